The molecular formula is C35H33FN2O6S. The van der Waals surface area contributed by atoms with Crippen molar-refractivity contribution in [2.24, 2.45) is 17.3 Å². The summed E-state index contributed by atoms with van der Waals surface area (Å²) in [5, 5.41) is 1.86. The van der Waals surface area contributed by atoms with Crippen molar-refractivity contribution in [3.63, 3.8) is 0 Å². The van der Waals surface area contributed by atoms with Gasteiger partial charge in [-0.2, -0.15) is 0 Å². The number of rotatable bonds is 5. The zero-order chi connectivity index (χ0) is 31.6. The van der Waals surface area contributed by atoms with Crippen LogP contribution in [-0.4, -0.2) is 31.0 Å². The number of amides is 2. The zero-order valence-corrected chi connectivity index (χ0v) is 26.2. The van der Waals surface area contributed by atoms with Gasteiger partial charge in [-0.3, -0.25) is 14.4 Å². The molecule has 8 nitrogen and oxygen atoms in total. The molecule has 4 aromatic rings. The van der Waals surface area contributed by atoms with Crippen LogP contribution in [0.1, 0.15) is 59.8 Å². The second kappa shape index (κ2) is 11.0. The Morgan fingerprint density at radius 3 is 2.42 bits per heavy atom. The Hall–Kier alpha value is -4.28. The number of furan rings is 1. The Bertz CT molecular complexity index is 1790. The van der Waals surface area contributed by atoms with Gasteiger partial charge in [-0.15, -0.1) is 11.3 Å². The second-order valence-corrected chi connectivity index (χ2v) is 13.9. The maximum Gasteiger partial charge on any atom is 0.341 e. The molecular weight excluding hydrogens is 595 g/mol. The van der Waals surface area contributed by atoms with Crippen LogP contribution in [0.4, 0.5) is 15.1 Å². The lowest BCUT2D eigenvalue weighted by atomic mass is 9.72. The molecule has 2 aliphatic heterocycles. The van der Waals surface area contributed by atoms with E-state index in [1.807, 2.05) is 30.3 Å². The number of hydrogen-bond acceptors (Lipinski definition) is 8. The fourth-order valence-corrected chi connectivity index (χ4v) is 8.19. The van der Waals surface area contributed by atoms with E-state index in [9.17, 15) is 18.8 Å². The summed E-state index contributed by atoms with van der Waals surface area (Å²) in [6, 6.07) is 17.9. The summed E-state index contributed by atoms with van der Waals surface area (Å²) in [6.07, 6.45) is 1.20. The van der Waals surface area contributed by atoms with Crippen LogP contribution in [0.2, 0.25) is 0 Å². The molecule has 0 saturated carbocycles. The Kier molecular flexibility index (Phi) is 7.17. The Morgan fingerprint density at radius 1 is 1.00 bits per heavy atom. The first-order valence-corrected chi connectivity index (χ1v) is 15.9. The molecule has 10 heteroatoms. The summed E-state index contributed by atoms with van der Waals surface area (Å²) >= 11 is 1.33. The van der Waals surface area contributed by atoms with Crippen molar-refractivity contribution in [2.75, 3.05) is 17.1 Å². The van der Waals surface area contributed by atoms with E-state index in [0.717, 1.165) is 28.2 Å². The first kappa shape index (κ1) is 29.4. The summed E-state index contributed by atoms with van der Waals surface area (Å²) in [5.41, 5.74) is 2.54. The van der Waals surface area contributed by atoms with E-state index in [1.165, 1.54) is 30.6 Å². The first-order valence-electron chi connectivity index (χ1n) is 15.0. The zero-order valence-electron chi connectivity index (χ0n) is 25.4. The third kappa shape index (κ3) is 4.87. The lowest BCUT2D eigenvalue weighted by molar-refractivity contribution is -0.126. The molecule has 4 heterocycles. The second-order valence-electron chi connectivity index (χ2n) is 12.9. The topological polar surface area (TPSA) is 89.3 Å². The quantitative estimate of drug-likeness (QED) is 0.172. The maximum atomic E-state index is 14.4. The van der Waals surface area contributed by atoms with Gasteiger partial charge in [-0.05, 0) is 84.7 Å². The number of benzene rings is 2. The molecule has 3 aliphatic rings. The molecule has 2 saturated heterocycles. The molecule has 0 bridgehead atoms. The van der Waals surface area contributed by atoms with Gasteiger partial charge in [0.05, 0.1) is 18.4 Å². The van der Waals surface area contributed by atoms with Gasteiger partial charge in [0.25, 0.3) is 5.91 Å². The molecule has 0 unspecified atom stereocenters. The van der Waals surface area contributed by atoms with Crippen molar-refractivity contribution in [3.05, 3.63) is 94.3 Å². The highest BCUT2D eigenvalue weighted by atomic mass is 32.1. The largest absolute Gasteiger partial charge is 0.465 e. The van der Waals surface area contributed by atoms with E-state index in [0.29, 0.717) is 45.7 Å². The molecule has 0 N–H and O–H groups in total. The number of hydroxylamine groups is 1. The molecule has 232 valence electrons. The fraction of sp³-hybridized carbons (Fsp3) is 0.343. The number of ether oxygens (including phenoxy) is 1. The van der Waals surface area contributed by atoms with Crippen LogP contribution < -0.4 is 9.96 Å². The third-order valence-electron chi connectivity index (χ3n) is 9.24. The monoisotopic (exact) mass is 628 g/mol. The van der Waals surface area contributed by atoms with Gasteiger partial charge in [-0.1, -0.05) is 39.0 Å². The van der Waals surface area contributed by atoms with Crippen LogP contribution >= 0.6 is 11.3 Å². The summed E-state index contributed by atoms with van der Waals surface area (Å²) < 4.78 is 25.0. The van der Waals surface area contributed by atoms with E-state index >= 15 is 0 Å². The maximum absolute atomic E-state index is 14.4. The van der Waals surface area contributed by atoms with Gasteiger partial charge in [0.15, 0.2) is 6.10 Å². The number of fused-ring (bicyclic) bond motifs is 2. The number of halogens is 1. The Morgan fingerprint density at radius 2 is 1.73 bits per heavy atom. The number of esters is 1. The van der Waals surface area contributed by atoms with Gasteiger partial charge in [0.2, 0.25) is 5.91 Å². The minimum absolute atomic E-state index is 0.0708. The van der Waals surface area contributed by atoms with Crippen LogP contribution in [-0.2, 0) is 32.0 Å². The number of imide groups is 1. The third-order valence-corrected chi connectivity index (χ3v) is 10.5. The van der Waals surface area contributed by atoms with Crippen molar-refractivity contribution in [2.45, 2.75) is 52.2 Å². The highest BCUT2D eigenvalue weighted by Gasteiger charge is 2.62. The highest BCUT2D eigenvalue weighted by molar-refractivity contribution is 7.17. The number of para-hydroxylation sites is 1. The number of anilines is 2. The molecule has 1 aliphatic carbocycles. The lowest BCUT2D eigenvalue weighted by Gasteiger charge is -2.33. The molecule has 0 spiro atoms. The van der Waals surface area contributed by atoms with Crippen LogP contribution in [0.5, 0.6) is 0 Å². The van der Waals surface area contributed by atoms with Gasteiger partial charge < -0.3 is 9.15 Å². The van der Waals surface area contributed by atoms with Crippen molar-refractivity contribution in [1.82, 2.24) is 0 Å². The van der Waals surface area contributed by atoms with Crippen LogP contribution in [0, 0.1) is 23.1 Å². The van der Waals surface area contributed by atoms with Crippen molar-refractivity contribution in [3.8, 4) is 11.3 Å². The average molecular weight is 629 g/mol. The minimum atomic E-state index is -1.13. The summed E-state index contributed by atoms with van der Waals surface area (Å²) in [6.45, 7) is 6.62. The molecule has 45 heavy (non-hydrogen) atoms. The predicted octanol–water partition coefficient (Wildman–Crippen LogP) is 7.14. The van der Waals surface area contributed by atoms with E-state index in [4.69, 9.17) is 14.0 Å². The van der Waals surface area contributed by atoms with Crippen molar-refractivity contribution < 1.29 is 32.8 Å². The highest BCUT2D eigenvalue weighted by Crippen LogP contribution is 2.52. The molecule has 2 aromatic carbocycles. The summed E-state index contributed by atoms with van der Waals surface area (Å²) in [5.74, 6) is -1.57. The predicted molar refractivity (Wildman–Crippen MR) is 167 cm³/mol. The average Bonchev–Trinajstić information content (AvgIpc) is 3.79. The number of hydrogen-bond donors (Lipinski definition) is 0. The SMILES string of the molecule is COC(=O)c1c(N2C(=O)[C@H]3[C@H](ON(c4ccccc4)[C@H]3c3ccc(-c4ccc(F)cc4)o3)C2=O)sc2c1CC[C@H](C(C)(C)C)C2. The number of thiophene rings is 1. The van der Waals surface area contributed by atoms with Gasteiger partial charge in [0, 0.05) is 10.4 Å². The van der Waals surface area contributed by atoms with Crippen LogP contribution in [0.25, 0.3) is 11.3 Å². The molecule has 4 atom stereocenters. The fourth-order valence-electron chi connectivity index (χ4n) is 6.76. The first-order chi connectivity index (χ1) is 21.6. The Balaban J connectivity index is 1.29. The number of methoxy groups -OCH3 is 1. The van der Waals surface area contributed by atoms with Crippen molar-refractivity contribution >= 4 is 39.8 Å². The minimum Gasteiger partial charge on any atom is -0.465 e. The number of carbonyl (C=O) groups excluding carboxylic acids is 3. The summed E-state index contributed by atoms with van der Waals surface area (Å²) in [7, 11) is 1.31. The standard InChI is InChI=1S/C35H33FN2O6S/c1-35(2,3)20-12-15-23-26(18-20)45-33(27(23)34(41)42-4)37-31(39)28-29(25-17-16-24(43-25)19-10-13-21(36)14-11-19)38(44-30(28)32(37)40)22-8-6-5-7-9-22/h5-11,13-14,16-17,20,28-30H,12,15,18H2,1-4H3/t20-,28+,29-,30-/m0/s1. The smallest absolute Gasteiger partial charge is 0.341 e. The molecule has 2 fully saturated rings. The van der Waals surface area contributed by atoms with Gasteiger partial charge >= 0.3 is 5.97 Å². The van der Waals surface area contributed by atoms with E-state index < -0.39 is 35.8 Å². The summed E-state index contributed by atoms with van der Waals surface area (Å²) in [4.78, 5) is 50.2. The van der Waals surface area contributed by atoms with E-state index in [2.05, 4.69) is 20.8 Å². The number of nitrogens with zero attached hydrogens (tertiary/aromatic N) is 2. The molecule has 0 radical (unpaired) electrons. The van der Waals surface area contributed by atoms with E-state index in [1.54, 1.807) is 29.3 Å². The van der Waals surface area contributed by atoms with Gasteiger partial charge in [-0.25, -0.2) is 19.1 Å². The lowest BCUT2D eigenvalue weighted by Crippen LogP contribution is -2.37. The Labute approximate surface area is 264 Å². The van der Waals surface area contributed by atoms with Crippen LogP contribution in [0.15, 0.2) is 71.1 Å². The molecule has 2 amide bonds. The normalized spacial score (nSPS) is 23.0. The van der Waals surface area contributed by atoms with Gasteiger partial charge in [0.1, 0.15) is 34.3 Å². The van der Waals surface area contributed by atoms with E-state index in [-0.39, 0.29) is 11.2 Å². The number of carbonyl (C=O) groups is 3. The molecule has 2 aromatic heterocycles. The van der Waals surface area contributed by atoms with Crippen LogP contribution in [0.3, 0.4) is 0 Å². The van der Waals surface area contributed by atoms with Crippen molar-refractivity contribution in [1.29, 1.82) is 0 Å². The molecule has 7 rings (SSSR count).